The Bertz CT molecular complexity index is 785. The standard InChI is InChI=1S/C16H18N2O2S/c1-12-6-2-3-10-16(12)21(19,20)18-11-5-7-13-14(17)8-4-9-15(13)18/h2-4,6,8-10H,5,7,11,17H2,1H3. The Morgan fingerprint density at radius 3 is 2.62 bits per heavy atom. The van der Waals surface area contributed by atoms with Crippen LogP contribution in [0.5, 0.6) is 0 Å². The monoisotopic (exact) mass is 302 g/mol. The smallest absolute Gasteiger partial charge is 0.264 e. The summed E-state index contributed by atoms with van der Waals surface area (Å²) in [5.41, 5.74) is 9.06. The number of hydrogen-bond donors (Lipinski definition) is 1. The van der Waals surface area contributed by atoms with Crippen molar-refractivity contribution in [2.24, 2.45) is 0 Å². The Kier molecular flexibility index (Phi) is 3.37. The number of anilines is 2. The molecule has 0 spiro atoms. The van der Waals surface area contributed by atoms with Crippen molar-refractivity contribution in [3.8, 4) is 0 Å². The van der Waals surface area contributed by atoms with Gasteiger partial charge >= 0.3 is 0 Å². The van der Waals surface area contributed by atoms with E-state index < -0.39 is 10.0 Å². The largest absolute Gasteiger partial charge is 0.398 e. The molecule has 0 bridgehead atoms. The predicted octanol–water partition coefficient (Wildman–Crippen LogP) is 2.72. The zero-order valence-corrected chi connectivity index (χ0v) is 12.7. The van der Waals surface area contributed by atoms with Crippen LogP contribution in [-0.4, -0.2) is 15.0 Å². The van der Waals surface area contributed by atoms with Gasteiger partial charge in [0, 0.05) is 12.2 Å². The second-order valence-electron chi connectivity index (χ2n) is 5.29. The minimum absolute atomic E-state index is 0.361. The summed E-state index contributed by atoms with van der Waals surface area (Å²) in [6.07, 6.45) is 1.61. The number of nitrogens with zero attached hydrogens (tertiary/aromatic N) is 1. The first-order chi connectivity index (χ1) is 10.0. The van der Waals surface area contributed by atoms with Gasteiger partial charge in [-0.3, -0.25) is 4.31 Å². The van der Waals surface area contributed by atoms with E-state index in [1.807, 2.05) is 31.2 Å². The third-order valence-corrected chi connectivity index (χ3v) is 5.88. The lowest BCUT2D eigenvalue weighted by Crippen LogP contribution is -2.36. The number of benzene rings is 2. The van der Waals surface area contributed by atoms with Gasteiger partial charge in [0.15, 0.2) is 0 Å². The Labute approximate surface area is 125 Å². The topological polar surface area (TPSA) is 63.4 Å². The summed E-state index contributed by atoms with van der Waals surface area (Å²) < 4.78 is 27.4. The third kappa shape index (κ3) is 2.27. The molecule has 3 rings (SSSR count). The summed E-state index contributed by atoms with van der Waals surface area (Å²) in [4.78, 5) is 0.361. The van der Waals surface area contributed by atoms with Gasteiger partial charge in [-0.25, -0.2) is 8.42 Å². The fourth-order valence-corrected chi connectivity index (χ4v) is 4.59. The van der Waals surface area contributed by atoms with Gasteiger partial charge in [0.1, 0.15) is 0 Å². The van der Waals surface area contributed by atoms with Crippen LogP contribution in [-0.2, 0) is 16.4 Å². The molecule has 0 amide bonds. The van der Waals surface area contributed by atoms with Crippen LogP contribution >= 0.6 is 0 Å². The highest BCUT2D eigenvalue weighted by Gasteiger charge is 2.30. The van der Waals surface area contributed by atoms with Crippen molar-refractivity contribution in [2.75, 3.05) is 16.6 Å². The van der Waals surface area contributed by atoms with E-state index in [0.29, 0.717) is 22.8 Å². The summed E-state index contributed by atoms with van der Waals surface area (Å²) >= 11 is 0. The van der Waals surface area contributed by atoms with Crippen LogP contribution in [0, 0.1) is 6.92 Å². The summed E-state index contributed by atoms with van der Waals surface area (Å²) in [5.74, 6) is 0. The van der Waals surface area contributed by atoms with Gasteiger partial charge in [-0.1, -0.05) is 24.3 Å². The van der Waals surface area contributed by atoms with Crippen molar-refractivity contribution in [1.29, 1.82) is 0 Å². The van der Waals surface area contributed by atoms with Crippen molar-refractivity contribution < 1.29 is 8.42 Å². The van der Waals surface area contributed by atoms with Crippen LogP contribution in [0.3, 0.4) is 0 Å². The molecule has 0 unspecified atom stereocenters. The highest BCUT2D eigenvalue weighted by molar-refractivity contribution is 7.92. The highest BCUT2D eigenvalue weighted by atomic mass is 32.2. The maximum atomic E-state index is 13.0. The van der Waals surface area contributed by atoms with Crippen molar-refractivity contribution in [1.82, 2.24) is 0 Å². The molecule has 0 fully saturated rings. The summed E-state index contributed by atoms with van der Waals surface area (Å²) in [6, 6.07) is 12.5. The fourth-order valence-electron chi connectivity index (χ4n) is 2.83. The summed E-state index contributed by atoms with van der Waals surface area (Å²) in [5, 5.41) is 0. The van der Waals surface area contributed by atoms with Crippen molar-refractivity contribution in [3.63, 3.8) is 0 Å². The van der Waals surface area contributed by atoms with Crippen LogP contribution in [0.4, 0.5) is 11.4 Å². The van der Waals surface area contributed by atoms with E-state index in [2.05, 4.69) is 0 Å². The number of rotatable bonds is 2. The molecule has 110 valence electrons. The van der Waals surface area contributed by atoms with E-state index in [9.17, 15) is 8.42 Å². The number of sulfonamides is 1. The SMILES string of the molecule is Cc1ccccc1S(=O)(=O)N1CCCc2c(N)cccc21. The lowest BCUT2D eigenvalue weighted by molar-refractivity contribution is 0.586. The molecule has 4 nitrogen and oxygen atoms in total. The van der Waals surface area contributed by atoms with Gasteiger partial charge in [0.2, 0.25) is 0 Å². The van der Waals surface area contributed by atoms with E-state index in [1.165, 1.54) is 4.31 Å². The van der Waals surface area contributed by atoms with Crippen molar-refractivity contribution in [3.05, 3.63) is 53.6 Å². The molecule has 2 N–H and O–H groups in total. The molecule has 1 aliphatic heterocycles. The maximum Gasteiger partial charge on any atom is 0.264 e. The molecule has 0 saturated carbocycles. The first-order valence-corrected chi connectivity index (χ1v) is 8.41. The van der Waals surface area contributed by atoms with E-state index in [0.717, 1.165) is 24.0 Å². The zero-order chi connectivity index (χ0) is 15.0. The third-order valence-electron chi connectivity index (χ3n) is 3.91. The molecule has 0 atom stereocenters. The summed E-state index contributed by atoms with van der Waals surface area (Å²) in [6.45, 7) is 2.31. The Morgan fingerprint density at radius 1 is 1.10 bits per heavy atom. The van der Waals surface area contributed by atoms with E-state index >= 15 is 0 Å². The molecular formula is C16H18N2O2S. The highest BCUT2D eigenvalue weighted by Crippen LogP contribution is 2.35. The number of nitrogens with two attached hydrogens (primary N) is 1. The Balaban J connectivity index is 2.15. The zero-order valence-electron chi connectivity index (χ0n) is 11.9. The number of nitrogen functional groups attached to an aromatic ring is 1. The van der Waals surface area contributed by atoms with Gasteiger partial charge in [-0.2, -0.15) is 0 Å². The van der Waals surface area contributed by atoms with Gasteiger partial charge in [-0.15, -0.1) is 0 Å². The maximum absolute atomic E-state index is 13.0. The van der Waals surface area contributed by atoms with Crippen molar-refractivity contribution >= 4 is 21.4 Å². The molecule has 1 heterocycles. The van der Waals surface area contributed by atoms with E-state index in [4.69, 9.17) is 5.73 Å². The van der Waals surface area contributed by atoms with E-state index in [1.54, 1.807) is 18.2 Å². The second kappa shape index (κ2) is 5.07. The van der Waals surface area contributed by atoms with Gasteiger partial charge in [0.05, 0.1) is 10.6 Å². The molecule has 21 heavy (non-hydrogen) atoms. The normalized spacial score (nSPS) is 14.8. The number of fused-ring (bicyclic) bond motifs is 1. The average Bonchev–Trinajstić information content (AvgIpc) is 2.47. The molecule has 0 aliphatic carbocycles. The van der Waals surface area contributed by atoms with Gasteiger partial charge < -0.3 is 5.73 Å². The number of aryl methyl sites for hydroxylation is 1. The molecular weight excluding hydrogens is 284 g/mol. The predicted molar refractivity (Wildman–Crippen MR) is 84.9 cm³/mol. The Hall–Kier alpha value is -2.01. The minimum Gasteiger partial charge on any atom is -0.398 e. The van der Waals surface area contributed by atoms with Crippen LogP contribution < -0.4 is 10.0 Å². The van der Waals surface area contributed by atoms with Crippen LogP contribution in [0.25, 0.3) is 0 Å². The van der Waals surface area contributed by atoms with Gasteiger partial charge in [-0.05, 0) is 49.1 Å². The first kappa shape index (κ1) is 13.9. The molecule has 5 heteroatoms. The minimum atomic E-state index is -3.55. The average molecular weight is 302 g/mol. The molecule has 1 aliphatic rings. The van der Waals surface area contributed by atoms with E-state index in [-0.39, 0.29) is 0 Å². The fraction of sp³-hybridized carbons (Fsp3) is 0.250. The van der Waals surface area contributed by atoms with Crippen molar-refractivity contribution in [2.45, 2.75) is 24.7 Å². The Morgan fingerprint density at radius 2 is 1.86 bits per heavy atom. The lowest BCUT2D eigenvalue weighted by Gasteiger charge is -2.31. The van der Waals surface area contributed by atoms with Gasteiger partial charge in [0.25, 0.3) is 10.0 Å². The van der Waals surface area contributed by atoms with Crippen LogP contribution in [0.1, 0.15) is 17.5 Å². The second-order valence-corrected chi connectivity index (χ2v) is 7.12. The first-order valence-electron chi connectivity index (χ1n) is 6.97. The quantitative estimate of drug-likeness (QED) is 0.868. The van der Waals surface area contributed by atoms with Crippen LogP contribution in [0.2, 0.25) is 0 Å². The number of hydrogen-bond acceptors (Lipinski definition) is 3. The molecule has 0 aromatic heterocycles. The molecule has 0 radical (unpaired) electrons. The molecule has 2 aromatic carbocycles. The summed E-state index contributed by atoms with van der Waals surface area (Å²) in [7, 11) is -3.55. The van der Waals surface area contributed by atoms with Crippen LogP contribution in [0.15, 0.2) is 47.4 Å². The molecule has 0 saturated heterocycles. The lowest BCUT2D eigenvalue weighted by atomic mass is 10.0. The molecule has 2 aromatic rings.